The van der Waals surface area contributed by atoms with Gasteiger partial charge in [0.25, 0.3) is 5.91 Å². The first-order valence-corrected chi connectivity index (χ1v) is 13.7. The van der Waals surface area contributed by atoms with Crippen LogP contribution in [0, 0.1) is 0 Å². The molecule has 1 aliphatic rings. The van der Waals surface area contributed by atoms with E-state index >= 15 is 0 Å². The van der Waals surface area contributed by atoms with E-state index in [0.717, 1.165) is 25.7 Å². The van der Waals surface area contributed by atoms with Crippen molar-refractivity contribution in [3.8, 4) is 5.75 Å². The van der Waals surface area contributed by atoms with Gasteiger partial charge in [0.1, 0.15) is 5.75 Å². The van der Waals surface area contributed by atoms with E-state index in [1.165, 1.54) is 43.9 Å². The van der Waals surface area contributed by atoms with Gasteiger partial charge >= 0.3 is 5.97 Å². The highest BCUT2D eigenvalue weighted by atomic mass is 16.4. The van der Waals surface area contributed by atoms with Crippen molar-refractivity contribution >= 4 is 29.4 Å². The zero-order valence-corrected chi connectivity index (χ0v) is 22.6. The first-order chi connectivity index (χ1) is 18.7. The Morgan fingerprint density at radius 1 is 1.08 bits per heavy atom. The molecule has 218 valence electrons. The van der Waals surface area contributed by atoms with Crippen LogP contribution in [0.15, 0.2) is 23.2 Å². The van der Waals surface area contributed by atoms with Crippen LogP contribution in [0.2, 0.25) is 0 Å². The van der Waals surface area contributed by atoms with Gasteiger partial charge in [0.2, 0.25) is 5.91 Å². The van der Waals surface area contributed by atoms with E-state index in [1.807, 2.05) is 0 Å². The summed E-state index contributed by atoms with van der Waals surface area (Å²) >= 11 is 0. The molecule has 0 radical (unpaired) electrons. The topological polar surface area (TPSA) is 193 Å². The molecule has 0 bridgehead atoms. The summed E-state index contributed by atoms with van der Waals surface area (Å²) in [5, 5.41) is 50.0. The molecule has 2 amide bonds. The summed E-state index contributed by atoms with van der Waals surface area (Å²) < 4.78 is 0. The van der Waals surface area contributed by atoms with Crippen molar-refractivity contribution in [1.29, 1.82) is 0 Å². The Morgan fingerprint density at radius 2 is 1.77 bits per heavy atom. The number of aliphatic hydroxyl groups excluding tert-OH is 2. The summed E-state index contributed by atoms with van der Waals surface area (Å²) in [7, 11) is 0. The molecule has 0 saturated heterocycles. The van der Waals surface area contributed by atoms with Crippen molar-refractivity contribution in [2.75, 3.05) is 25.0 Å². The number of aromatic hydroxyl groups is 1. The van der Waals surface area contributed by atoms with Gasteiger partial charge in [-0.25, -0.2) is 0 Å². The van der Waals surface area contributed by atoms with Crippen LogP contribution in [0.4, 0.5) is 5.69 Å². The number of β-amino-alcohol motifs (C(OH)–C–C–N with tert-alkyl or cyclic N) is 1. The Balaban J connectivity index is 1.82. The summed E-state index contributed by atoms with van der Waals surface area (Å²) in [6.45, 7) is 2.26. The number of unbranched alkanes of at least 4 members (excludes halogenated alkanes) is 7. The number of aliphatic imine (C=N–C) groups is 1. The number of hydrogen-bond donors (Lipinski definition) is 8. The number of carboxylic acids is 1. The third-order valence-electron chi connectivity index (χ3n) is 6.38. The number of anilines is 1. The molecule has 0 saturated carbocycles. The van der Waals surface area contributed by atoms with Crippen molar-refractivity contribution in [2.24, 2.45) is 4.99 Å². The maximum absolute atomic E-state index is 12.6. The standard InChI is InChI=1S/C27H43N5O7/c1-2-3-4-5-6-7-8-9-10-23(35)22(14-25(37)38)32-24(36)17-28-26(39)18-11-19(13-20(33)12-18)31-27-29-15-21(34)16-30-27/h11-13,21-23,33-35H,2-10,14-17H2,1H3,(H,28,39)(H,32,36)(H,37,38)(H2,29,30,31). The van der Waals surface area contributed by atoms with Gasteiger partial charge in [-0.3, -0.25) is 19.4 Å². The number of hydrogen-bond acceptors (Lipinski definition) is 9. The highest BCUT2D eigenvalue weighted by Crippen LogP contribution is 2.20. The number of phenolic OH excluding ortho intramolecular Hbond substituents is 1. The van der Waals surface area contributed by atoms with Gasteiger partial charge in [-0.1, -0.05) is 58.3 Å². The zero-order chi connectivity index (χ0) is 28.6. The van der Waals surface area contributed by atoms with Crippen LogP contribution in [-0.4, -0.2) is 82.1 Å². The number of guanidine groups is 1. The molecule has 2 rings (SSSR count). The van der Waals surface area contributed by atoms with E-state index in [2.05, 4.69) is 33.2 Å². The molecule has 3 unspecified atom stereocenters. The van der Waals surface area contributed by atoms with E-state index in [9.17, 15) is 34.8 Å². The summed E-state index contributed by atoms with van der Waals surface area (Å²) in [4.78, 5) is 40.5. The first kappa shape index (κ1) is 31.8. The summed E-state index contributed by atoms with van der Waals surface area (Å²) in [6.07, 6.45) is 7.04. The second-order valence-corrected chi connectivity index (χ2v) is 9.90. The molecule has 3 atom stereocenters. The molecule has 1 aromatic carbocycles. The molecule has 8 N–H and O–H groups in total. The van der Waals surface area contributed by atoms with Crippen LogP contribution in [0.1, 0.15) is 81.5 Å². The average Bonchev–Trinajstić information content (AvgIpc) is 2.89. The number of nitrogens with one attached hydrogen (secondary N) is 4. The highest BCUT2D eigenvalue weighted by molar-refractivity contribution is 6.00. The monoisotopic (exact) mass is 549 g/mol. The van der Waals surface area contributed by atoms with Gasteiger partial charge in [0, 0.05) is 23.9 Å². The van der Waals surface area contributed by atoms with Gasteiger partial charge in [-0.05, 0) is 18.6 Å². The van der Waals surface area contributed by atoms with Crippen molar-refractivity contribution in [3.63, 3.8) is 0 Å². The van der Waals surface area contributed by atoms with Crippen LogP contribution in [-0.2, 0) is 9.59 Å². The molecule has 1 heterocycles. The van der Waals surface area contributed by atoms with Crippen LogP contribution >= 0.6 is 0 Å². The predicted molar refractivity (Wildman–Crippen MR) is 148 cm³/mol. The Bertz CT molecular complexity index is 972. The van der Waals surface area contributed by atoms with Gasteiger partial charge in [-0.15, -0.1) is 0 Å². The Labute approximate surface area is 229 Å². The molecule has 0 spiro atoms. The minimum atomic E-state index is -1.15. The van der Waals surface area contributed by atoms with Gasteiger partial charge in [0.05, 0.1) is 37.8 Å². The van der Waals surface area contributed by atoms with Crippen molar-refractivity contribution in [3.05, 3.63) is 23.8 Å². The number of aliphatic carboxylic acids is 1. The number of carboxylic acid groups (broad SMARTS) is 1. The maximum Gasteiger partial charge on any atom is 0.305 e. The number of carbonyl (C=O) groups is 3. The quantitative estimate of drug-likeness (QED) is 0.134. The van der Waals surface area contributed by atoms with Crippen LogP contribution < -0.4 is 21.3 Å². The predicted octanol–water partition coefficient (Wildman–Crippen LogP) is 1.71. The fraction of sp³-hybridized carbons (Fsp3) is 0.630. The number of benzene rings is 1. The molecule has 39 heavy (non-hydrogen) atoms. The molecule has 1 aliphatic heterocycles. The van der Waals surface area contributed by atoms with E-state index in [-0.39, 0.29) is 17.9 Å². The SMILES string of the molecule is CCCCCCCCCCC(O)C(CC(=O)O)NC(=O)CNC(=O)c1cc(O)cc(NC2=NCC(O)CN2)c1. The lowest BCUT2D eigenvalue weighted by molar-refractivity contribution is -0.138. The second kappa shape index (κ2) is 17.3. The maximum atomic E-state index is 12.6. The Hall–Kier alpha value is -3.38. The zero-order valence-electron chi connectivity index (χ0n) is 22.6. The van der Waals surface area contributed by atoms with Crippen molar-refractivity contribution in [2.45, 2.75) is 89.4 Å². The number of aliphatic hydroxyl groups is 2. The third-order valence-corrected chi connectivity index (χ3v) is 6.38. The van der Waals surface area contributed by atoms with E-state index in [0.29, 0.717) is 24.6 Å². The Kier molecular flexibility index (Phi) is 14.1. The average molecular weight is 550 g/mol. The molecule has 1 aromatic rings. The molecule has 0 aromatic heterocycles. The lowest BCUT2D eigenvalue weighted by atomic mass is 10.00. The Morgan fingerprint density at radius 3 is 2.41 bits per heavy atom. The molecule has 12 nitrogen and oxygen atoms in total. The van der Waals surface area contributed by atoms with Crippen LogP contribution in [0.3, 0.4) is 0 Å². The third kappa shape index (κ3) is 12.8. The number of nitrogens with zero attached hydrogens (tertiary/aromatic N) is 1. The molecule has 12 heteroatoms. The second-order valence-electron chi connectivity index (χ2n) is 9.90. The molecular weight excluding hydrogens is 506 g/mol. The normalized spacial score (nSPS) is 16.4. The summed E-state index contributed by atoms with van der Waals surface area (Å²) in [5.74, 6) is -2.22. The summed E-state index contributed by atoms with van der Waals surface area (Å²) in [5.41, 5.74) is 0.455. The fourth-order valence-corrected chi connectivity index (χ4v) is 4.25. The largest absolute Gasteiger partial charge is 0.508 e. The molecule has 0 fully saturated rings. The smallest absolute Gasteiger partial charge is 0.305 e. The van der Waals surface area contributed by atoms with Crippen molar-refractivity contribution in [1.82, 2.24) is 16.0 Å². The minimum absolute atomic E-state index is 0.0820. The number of amides is 2. The first-order valence-electron chi connectivity index (χ1n) is 13.7. The number of rotatable bonds is 17. The number of phenols is 1. The lowest BCUT2D eigenvalue weighted by Crippen LogP contribution is -2.48. The van der Waals surface area contributed by atoms with Crippen LogP contribution in [0.25, 0.3) is 0 Å². The van der Waals surface area contributed by atoms with Crippen molar-refractivity contribution < 1.29 is 34.8 Å². The van der Waals surface area contributed by atoms with Crippen LogP contribution in [0.5, 0.6) is 5.75 Å². The molecule has 0 aliphatic carbocycles. The molecular formula is C27H43N5O7. The highest BCUT2D eigenvalue weighted by Gasteiger charge is 2.24. The van der Waals surface area contributed by atoms with Gasteiger partial charge < -0.3 is 41.7 Å². The van der Waals surface area contributed by atoms with E-state index in [1.54, 1.807) is 0 Å². The van der Waals surface area contributed by atoms with E-state index in [4.69, 9.17) is 0 Å². The fourth-order valence-electron chi connectivity index (χ4n) is 4.25. The van der Waals surface area contributed by atoms with Gasteiger partial charge in [0.15, 0.2) is 5.96 Å². The lowest BCUT2D eigenvalue weighted by Gasteiger charge is -2.23. The van der Waals surface area contributed by atoms with Gasteiger partial charge in [-0.2, -0.15) is 0 Å². The minimum Gasteiger partial charge on any atom is -0.508 e. The summed E-state index contributed by atoms with van der Waals surface area (Å²) in [6, 6.07) is 3.11. The number of carbonyl (C=O) groups excluding carboxylic acids is 2. The van der Waals surface area contributed by atoms with E-state index < -0.39 is 49.0 Å².